The first-order valence-electron chi connectivity index (χ1n) is 5.81. The number of hydrogen-bond acceptors (Lipinski definition) is 5. The number of halogens is 3. The molecule has 0 saturated heterocycles. The van der Waals surface area contributed by atoms with E-state index in [1.54, 1.807) is 0 Å². The summed E-state index contributed by atoms with van der Waals surface area (Å²) in [6.45, 7) is 2.32. The Bertz CT molecular complexity index is 411. The van der Waals surface area contributed by atoms with Gasteiger partial charge in [0, 0.05) is 26.3 Å². The van der Waals surface area contributed by atoms with E-state index in [0.717, 1.165) is 0 Å². The Hall–Kier alpha value is -1.57. The fraction of sp³-hybridized carbons (Fsp3) is 0.636. The van der Waals surface area contributed by atoms with Crippen LogP contribution in [0.3, 0.4) is 0 Å². The van der Waals surface area contributed by atoms with Gasteiger partial charge in [-0.15, -0.1) is 0 Å². The molecule has 0 aliphatic rings. The van der Waals surface area contributed by atoms with Gasteiger partial charge >= 0.3 is 6.18 Å². The smallest absolute Gasteiger partial charge is 0.384 e. The van der Waals surface area contributed by atoms with Gasteiger partial charge in [-0.2, -0.15) is 13.2 Å². The third-order valence-electron chi connectivity index (χ3n) is 2.34. The first kappa shape index (κ1) is 15.5. The molecule has 0 aliphatic heterocycles. The summed E-state index contributed by atoms with van der Waals surface area (Å²) in [4.78, 5) is 9.46. The van der Waals surface area contributed by atoms with Gasteiger partial charge in [-0.05, 0) is 6.92 Å². The highest BCUT2D eigenvalue weighted by Gasteiger charge is 2.27. The number of ether oxygens (including phenoxy) is 1. The van der Waals surface area contributed by atoms with Crippen molar-refractivity contribution >= 4 is 11.6 Å². The van der Waals surface area contributed by atoms with E-state index >= 15 is 0 Å². The molecule has 0 unspecified atom stereocenters. The van der Waals surface area contributed by atoms with E-state index in [1.165, 1.54) is 18.0 Å². The van der Waals surface area contributed by atoms with E-state index in [2.05, 4.69) is 9.97 Å². The fourth-order valence-corrected chi connectivity index (χ4v) is 1.37. The molecule has 0 fully saturated rings. The molecule has 5 nitrogen and oxygen atoms in total. The van der Waals surface area contributed by atoms with Crippen LogP contribution in [-0.2, 0) is 11.3 Å². The van der Waals surface area contributed by atoms with Gasteiger partial charge in [0.25, 0.3) is 0 Å². The number of anilines is 2. The lowest BCUT2D eigenvalue weighted by Crippen LogP contribution is -2.25. The second kappa shape index (κ2) is 6.55. The van der Waals surface area contributed by atoms with Crippen LogP contribution in [0.5, 0.6) is 0 Å². The Morgan fingerprint density at radius 3 is 2.63 bits per heavy atom. The van der Waals surface area contributed by atoms with Crippen molar-refractivity contribution in [3.63, 3.8) is 0 Å². The summed E-state index contributed by atoms with van der Waals surface area (Å²) < 4.78 is 41.6. The average Bonchev–Trinajstić information content (AvgIpc) is 2.31. The molecule has 0 atom stereocenters. The number of nitrogen functional groups attached to an aromatic ring is 1. The molecule has 0 saturated carbocycles. The second-order valence-electron chi connectivity index (χ2n) is 3.99. The van der Waals surface area contributed by atoms with Crippen LogP contribution in [0.2, 0.25) is 0 Å². The van der Waals surface area contributed by atoms with Gasteiger partial charge in [0.1, 0.15) is 18.2 Å². The van der Waals surface area contributed by atoms with Crippen LogP contribution in [0, 0.1) is 0 Å². The third kappa shape index (κ3) is 5.73. The van der Waals surface area contributed by atoms with Gasteiger partial charge in [0.05, 0.1) is 6.42 Å². The Morgan fingerprint density at radius 1 is 1.37 bits per heavy atom. The normalized spacial score (nSPS) is 11.6. The highest BCUT2D eigenvalue weighted by Crippen LogP contribution is 2.21. The van der Waals surface area contributed by atoms with E-state index in [9.17, 15) is 13.2 Å². The molecule has 2 N–H and O–H groups in total. The molecule has 1 heterocycles. The summed E-state index contributed by atoms with van der Waals surface area (Å²) in [5.41, 5.74) is 5.60. The summed E-state index contributed by atoms with van der Waals surface area (Å²) in [5, 5.41) is 0. The van der Waals surface area contributed by atoms with Crippen molar-refractivity contribution in [2.24, 2.45) is 0 Å². The Labute approximate surface area is 109 Å². The molecular formula is C11H17F3N4O. The second-order valence-corrected chi connectivity index (χ2v) is 3.99. The van der Waals surface area contributed by atoms with Gasteiger partial charge in [0.2, 0.25) is 0 Å². The van der Waals surface area contributed by atoms with E-state index in [4.69, 9.17) is 10.5 Å². The van der Waals surface area contributed by atoms with E-state index in [-0.39, 0.29) is 19.0 Å². The Kier molecular flexibility index (Phi) is 5.34. The minimum absolute atomic E-state index is 0.182. The predicted molar refractivity (Wildman–Crippen MR) is 65.7 cm³/mol. The molecule has 1 aromatic rings. The number of alkyl halides is 3. The van der Waals surface area contributed by atoms with Crippen molar-refractivity contribution in [3.05, 3.63) is 11.9 Å². The van der Waals surface area contributed by atoms with E-state index in [1.807, 2.05) is 6.92 Å². The van der Waals surface area contributed by atoms with Crippen LogP contribution < -0.4 is 10.6 Å². The van der Waals surface area contributed by atoms with E-state index < -0.39 is 12.6 Å². The summed E-state index contributed by atoms with van der Waals surface area (Å²) in [6, 6.07) is 1.44. The predicted octanol–water partition coefficient (Wildman–Crippen LogP) is 1.98. The van der Waals surface area contributed by atoms with Gasteiger partial charge in [-0.25, -0.2) is 9.97 Å². The molecule has 108 valence electrons. The van der Waals surface area contributed by atoms with Crippen LogP contribution in [0.4, 0.5) is 24.8 Å². The number of rotatable bonds is 6. The van der Waals surface area contributed by atoms with Crippen molar-refractivity contribution < 1.29 is 17.9 Å². The quantitative estimate of drug-likeness (QED) is 0.862. The lowest BCUT2D eigenvalue weighted by molar-refractivity contribution is -0.132. The number of nitrogens with two attached hydrogens (primary N) is 1. The van der Waals surface area contributed by atoms with Crippen LogP contribution >= 0.6 is 0 Å². The topological polar surface area (TPSA) is 64.3 Å². The minimum Gasteiger partial charge on any atom is -0.384 e. The van der Waals surface area contributed by atoms with Crippen LogP contribution in [0.25, 0.3) is 0 Å². The Balaban J connectivity index is 2.73. The largest absolute Gasteiger partial charge is 0.390 e. The highest BCUT2D eigenvalue weighted by atomic mass is 19.4. The molecule has 0 spiro atoms. The standard InChI is InChI=1S/C11H17F3N4O/c1-3-19-7-9-16-8(15)6-10(17-9)18(2)5-4-11(12,13)14/h6H,3-5,7H2,1-2H3,(H2,15,16,17). The maximum atomic E-state index is 12.2. The average molecular weight is 278 g/mol. The molecule has 1 rings (SSSR count). The molecule has 19 heavy (non-hydrogen) atoms. The van der Waals surface area contributed by atoms with Crippen molar-refractivity contribution in [3.8, 4) is 0 Å². The first-order valence-corrected chi connectivity index (χ1v) is 5.81. The van der Waals surface area contributed by atoms with Gasteiger partial charge in [-0.3, -0.25) is 0 Å². The summed E-state index contributed by atoms with van der Waals surface area (Å²) >= 11 is 0. The van der Waals surface area contributed by atoms with Gasteiger partial charge in [0.15, 0.2) is 5.82 Å². The maximum Gasteiger partial charge on any atom is 0.390 e. The molecule has 0 radical (unpaired) electrons. The van der Waals surface area contributed by atoms with Crippen LogP contribution in [-0.4, -0.2) is 36.3 Å². The van der Waals surface area contributed by atoms with Gasteiger partial charge < -0.3 is 15.4 Å². The number of hydrogen-bond donors (Lipinski definition) is 1. The molecule has 0 bridgehead atoms. The number of nitrogens with zero attached hydrogens (tertiary/aromatic N) is 3. The summed E-state index contributed by atoms with van der Waals surface area (Å²) in [6.07, 6.45) is -5.10. The Morgan fingerprint density at radius 2 is 2.05 bits per heavy atom. The van der Waals surface area contributed by atoms with Crippen LogP contribution in [0.15, 0.2) is 6.07 Å². The first-order chi connectivity index (χ1) is 8.81. The molecule has 0 amide bonds. The molecular weight excluding hydrogens is 261 g/mol. The zero-order valence-electron chi connectivity index (χ0n) is 10.9. The monoisotopic (exact) mass is 278 g/mol. The van der Waals surface area contributed by atoms with Crippen LogP contribution in [0.1, 0.15) is 19.2 Å². The lowest BCUT2D eigenvalue weighted by Gasteiger charge is -2.19. The third-order valence-corrected chi connectivity index (χ3v) is 2.34. The van der Waals surface area contributed by atoms with Crippen molar-refractivity contribution in [2.75, 3.05) is 30.8 Å². The maximum absolute atomic E-state index is 12.2. The van der Waals surface area contributed by atoms with Crippen molar-refractivity contribution in [2.45, 2.75) is 26.1 Å². The summed E-state index contributed by atoms with van der Waals surface area (Å²) in [7, 11) is 1.53. The zero-order chi connectivity index (χ0) is 14.5. The zero-order valence-corrected chi connectivity index (χ0v) is 10.9. The molecule has 0 aliphatic carbocycles. The SMILES string of the molecule is CCOCc1nc(N)cc(N(C)CCC(F)(F)F)n1. The van der Waals surface area contributed by atoms with Crippen molar-refractivity contribution in [1.29, 1.82) is 0 Å². The summed E-state index contributed by atoms with van der Waals surface area (Å²) in [5.74, 6) is 0.917. The fourth-order valence-electron chi connectivity index (χ4n) is 1.37. The lowest BCUT2D eigenvalue weighted by atomic mass is 10.3. The van der Waals surface area contributed by atoms with E-state index in [0.29, 0.717) is 18.2 Å². The minimum atomic E-state index is -4.19. The molecule has 0 aromatic carbocycles. The van der Waals surface area contributed by atoms with Gasteiger partial charge in [-0.1, -0.05) is 0 Å². The molecule has 1 aromatic heterocycles. The number of aromatic nitrogens is 2. The van der Waals surface area contributed by atoms with Crippen molar-refractivity contribution in [1.82, 2.24) is 9.97 Å². The highest BCUT2D eigenvalue weighted by molar-refractivity contribution is 5.46. The molecule has 8 heteroatoms.